The molecule has 4 nitrogen and oxygen atoms in total. The Morgan fingerprint density at radius 2 is 1.80 bits per heavy atom. The number of anilines is 1. The first-order valence-corrected chi connectivity index (χ1v) is 8.40. The summed E-state index contributed by atoms with van der Waals surface area (Å²) in [5.41, 5.74) is 7.59. The summed E-state index contributed by atoms with van der Waals surface area (Å²) in [7, 11) is 0. The second-order valence-corrected chi connectivity index (χ2v) is 6.20. The molecule has 0 atom stereocenters. The lowest BCUT2D eigenvalue weighted by Crippen LogP contribution is -2.46. The van der Waals surface area contributed by atoms with E-state index in [2.05, 4.69) is 34.1 Å². The van der Waals surface area contributed by atoms with Crippen LogP contribution in [0.15, 0.2) is 54.6 Å². The van der Waals surface area contributed by atoms with E-state index < -0.39 is 5.91 Å². The molecule has 2 aromatic rings. The van der Waals surface area contributed by atoms with Crippen LogP contribution < -0.4 is 10.6 Å². The van der Waals surface area contributed by atoms with Crippen molar-refractivity contribution in [3.05, 3.63) is 71.6 Å². The van der Waals surface area contributed by atoms with Crippen molar-refractivity contribution in [3.63, 3.8) is 0 Å². The summed E-state index contributed by atoms with van der Waals surface area (Å²) in [5.74, 6) is -0.817. The van der Waals surface area contributed by atoms with Gasteiger partial charge in [-0.05, 0) is 29.3 Å². The van der Waals surface area contributed by atoms with Crippen molar-refractivity contribution in [3.8, 4) is 0 Å². The average Bonchev–Trinajstić information content (AvgIpc) is 2.62. The van der Waals surface area contributed by atoms with Crippen molar-refractivity contribution in [2.75, 3.05) is 31.1 Å². The maximum atomic E-state index is 14.4. The monoisotopic (exact) mass is 339 g/mol. The van der Waals surface area contributed by atoms with Crippen molar-refractivity contribution in [2.24, 2.45) is 5.73 Å². The van der Waals surface area contributed by atoms with Crippen LogP contribution in [0.1, 0.15) is 11.1 Å². The van der Waals surface area contributed by atoms with Crippen molar-refractivity contribution < 1.29 is 9.18 Å². The maximum absolute atomic E-state index is 14.4. The smallest absolute Gasteiger partial charge is 0.241 e. The summed E-state index contributed by atoms with van der Waals surface area (Å²) < 4.78 is 14.4. The van der Waals surface area contributed by atoms with Gasteiger partial charge >= 0.3 is 0 Å². The van der Waals surface area contributed by atoms with E-state index in [4.69, 9.17) is 5.73 Å². The Labute approximate surface area is 147 Å². The Hall–Kier alpha value is -2.66. The number of nitrogens with two attached hydrogens (primary N) is 1. The number of rotatable bonds is 5. The van der Waals surface area contributed by atoms with Crippen molar-refractivity contribution >= 4 is 17.7 Å². The molecule has 0 aliphatic carbocycles. The summed E-state index contributed by atoms with van der Waals surface area (Å²) in [6, 6.07) is 15.4. The SMILES string of the molecule is NC(=O)/C=C/c1ccc(N2CCN(Cc3ccccc3)CC2)c(F)c1. The largest absolute Gasteiger partial charge is 0.367 e. The first-order chi connectivity index (χ1) is 12.1. The molecule has 130 valence electrons. The van der Waals surface area contributed by atoms with Crippen LogP contribution in [0.5, 0.6) is 0 Å². The highest BCUT2D eigenvalue weighted by molar-refractivity contribution is 5.90. The summed E-state index contributed by atoms with van der Waals surface area (Å²) in [6.07, 6.45) is 2.75. The molecule has 2 N–H and O–H groups in total. The van der Waals surface area contributed by atoms with Crippen LogP contribution in [0.2, 0.25) is 0 Å². The van der Waals surface area contributed by atoms with Gasteiger partial charge in [-0.1, -0.05) is 36.4 Å². The van der Waals surface area contributed by atoms with Gasteiger partial charge in [-0.2, -0.15) is 0 Å². The number of carbonyl (C=O) groups is 1. The molecule has 1 amide bonds. The molecule has 3 rings (SSSR count). The van der Waals surface area contributed by atoms with Gasteiger partial charge in [0.25, 0.3) is 0 Å². The van der Waals surface area contributed by atoms with Gasteiger partial charge in [-0.3, -0.25) is 9.69 Å². The summed E-state index contributed by atoms with van der Waals surface area (Å²) in [4.78, 5) is 15.2. The summed E-state index contributed by atoms with van der Waals surface area (Å²) >= 11 is 0. The van der Waals surface area contributed by atoms with E-state index >= 15 is 0 Å². The van der Waals surface area contributed by atoms with Gasteiger partial charge in [-0.25, -0.2) is 4.39 Å². The molecule has 0 aromatic heterocycles. The zero-order chi connectivity index (χ0) is 17.6. The molecule has 0 unspecified atom stereocenters. The van der Waals surface area contributed by atoms with E-state index in [0.29, 0.717) is 11.3 Å². The van der Waals surface area contributed by atoms with Gasteiger partial charge < -0.3 is 10.6 Å². The third-order valence-electron chi connectivity index (χ3n) is 4.37. The van der Waals surface area contributed by atoms with Crippen LogP contribution in [0, 0.1) is 5.82 Å². The first kappa shape index (κ1) is 17.2. The molecular formula is C20H22FN3O. The third-order valence-corrected chi connectivity index (χ3v) is 4.37. The van der Waals surface area contributed by atoms with Gasteiger partial charge in [-0.15, -0.1) is 0 Å². The first-order valence-electron chi connectivity index (χ1n) is 8.40. The maximum Gasteiger partial charge on any atom is 0.241 e. The number of nitrogens with zero attached hydrogens (tertiary/aromatic N) is 2. The van der Waals surface area contributed by atoms with Crippen LogP contribution >= 0.6 is 0 Å². The van der Waals surface area contributed by atoms with Crippen LogP contribution in [0.4, 0.5) is 10.1 Å². The lowest BCUT2D eigenvalue weighted by molar-refractivity contribution is -0.113. The van der Waals surface area contributed by atoms with Crippen LogP contribution in [0.25, 0.3) is 6.08 Å². The average molecular weight is 339 g/mol. The Morgan fingerprint density at radius 3 is 2.44 bits per heavy atom. The highest BCUT2D eigenvalue weighted by Crippen LogP contribution is 2.23. The second kappa shape index (κ2) is 7.94. The number of benzene rings is 2. The summed E-state index contributed by atoms with van der Waals surface area (Å²) in [5, 5.41) is 0. The van der Waals surface area contributed by atoms with E-state index in [1.165, 1.54) is 23.8 Å². The van der Waals surface area contributed by atoms with Gasteiger partial charge in [0.2, 0.25) is 5.91 Å². The van der Waals surface area contributed by atoms with E-state index in [0.717, 1.165) is 32.7 Å². The van der Waals surface area contributed by atoms with E-state index in [1.54, 1.807) is 12.1 Å². The molecule has 0 radical (unpaired) electrons. The lowest BCUT2D eigenvalue weighted by atomic mass is 10.1. The normalized spacial score (nSPS) is 15.6. The standard InChI is InChI=1S/C20H22FN3O/c21-18-14-16(7-9-20(22)25)6-8-19(18)24-12-10-23(11-13-24)15-17-4-2-1-3-5-17/h1-9,14H,10-13,15H2,(H2,22,25)/b9-7+. The zero-order valence-corrected chi connectivity index (χ0v) is 14.1. The van der Waals surface area contributed by atoms with E-state index in [1.807, 2.05) is 6.07 Å². The van der Waals surface area contributed by atoms with Gasteiger partial charge in [0.15, 0.2) is 0 Å². The molecule has 1 fully saturated rings. The van der Waals surface area contributed by atoms with Gasteiger partial charge in [0.05, 0.1) is 5.69 Å². The number of amides is 1. The van der Waals surface area contributed by atoms with Gasteiger partial charge in [0, 0.05) is 38.8 Å². The predicted octanol–water partition coefficient (Wildman–Crippen LogP) is 2.65. The Kier molecular flexibility index (Phi) is 5.46. The molecule has 0 spiro atoms. The molecule has 1 saturated heterocycles. The highest BCUT2D eigenvalue weighted by Gasteiger charge is 2.19. The highest BCUT2D eigenvalue weighted by atomic mass is 19.1. The lowest BCUT2D eigenvalue weighted by Gasteiger charge is -2.36. The summed E-state index contributed by atoms with van der Waals surface area (Å²) in [6.45, 7) is 4.31. The Balaban J connectivity index is 1.60. The Morgan fingerprint density at radius 1 is 1.08 bits per heavy atom. The fraction of sp³-hybridized carbons (Fsp3) is 0.250. The second-order valence-electron chi connectivity index (χ2n) is 6.20. The predicted molar refractivity (Wildman–Crippen MR) is 98.6 cm³/mol. The Bertz CT molecular complexity index is 753. The van der Waals surface area contributed by atoms with Crippen LogP contribution in [0.3, 0.4) is 0 Å². The number of hydrogen-bond acceptors (Lipinski definition) is 3. The topological polar surface area (TPSA) is 49.6 Å². The molecular weight excluding hydrogens is 317 g/mol. The molecule has 2 aromatic carbocycles. The van der Waals surface area contributed by atoms with E-state index in [9.17, 15) is 9.18 Å². The molecule has 0 saturated carbocycles. The molecule has 1 aliphatic heterocycles. The third kappa shape index (κ3) is 4.67. The fourth-order valence-corrected chi connectivity index (χ4v) is 3.05. The number of carbonyl (C=O) groups excluding carboxylic acids is 1. The van der Waals surface area contributed by atoms with Gasteiger partial charge in [0.1, 0.15) is 5.82 Å². The molecule has 1 aliphatic rings. The minimum absolute atomic E-state index is 0.275. The van der Waals surface area contributed by atoms with Crippen LogP contribution in [-0.2, 0) is 11.3 Å². The minimum atomic E-state index is -0.543. The molecule has 25 heavy (non-hydrogen) atoms. The number of piperazine rings is 1. The molecule has 1 heterocycles. The van der Waals surface area contributed by atoms with Crippen molar-refractivity contribution in [2.45, 2.75) is 6.54 Å². The quantitative estimate of drug-likeness (QED) is 0.852. The molecule has 5 heteroatoms. The van der Waals surface area contributed by atoms with E-state index in [-0.39, 0.29) is 5.82 Å². The molecule has 0 bridgehead atoms. The number of primary amides is 1. The minimum Gasteiger partial charge on any atom is -0.367 e. The number of hydrogen-bond donors (Lipinski definition) is 1. The van der Waals surface area contributed by atoms with Crippen molar-refractivity contribution in [1.82, 2.24) is 4.90 Å². The van der Waals surface area contributed by atoms with Crippen molar-refractivity contribution in [1.29, 1.82) is 0 Å². The van der Waals surface area contributed by atoms with Crippen LogP contribution in [-0.4, -0.2) is 37.0 Å². The zero-order valence-electron chi connectivity index (χ0n) is 14.1. The number of halogens is 1. The fourth-order valence-electron chi connectivity index (χ4n) is 3.05.